The lowest BCUT2D eigenvalue weighted by Gasteiger charge is -2.29. The van der Waals surface area contributed by atoms with Crippen LogP contribution in [0, 0.1) is 35.9 Å². The minimum atomic E-state index is -0.168. The molecule has 2 aromatic rings. The monoisotopic (exact) mass is 469 g/mol. The van der Waals surface area contributed by atoms with Crippen LogP contribution in [0.2, 0.25) is 0 Å². The number of halogens is 1. The van der Waals surface area contributed by atoms with Gasteiger partial charge in [0.2, 0.25) is 0 Å². The normalized spacial score (nSPS) is 21.3. The van der Waals surface area contributed by atoms with Crippen LogP contribution < -0.4 is 0 Å². The average Bonchev–Trinajstić information content (AvgIpc) is 3.80. The van der Waals surface area contributed by atoms with Gasteiger partial charge in [0.25, 0.3) is 6.47 Å². The zero-order valence-corrected chi connectivity index (χ0v) is 20.3. The lowest BCUT2D eigenvalue weighted by Crippen LogP contribution is -2.17. The quantitative estimate of drug-likeness (QED) is 0.585. The number of aliphatic hydroxyl groups is 1. The third-order valence-electron chi connectivity index (χ3n) is 6.98. The summed E-state index contributed by atoms with van der Waals surface area (Å²) in [6.45, 7) is 3.84. The first kappa shape index (κ1) is 25.9. The smallest absolute Gasteiger partial charge is 0.292 e. The molecule has 3 saturated carbocycles. The first-order valence-electron chi connectivity index (χ1n) is 12.3. The van der Waals surface area contributed by atoms with Crippen molar-refractivity contribution in [2.75, 3.05) is 13.7 Å². The SMILES string of the molecule is COC=O.Cc1c(C#N)nc(C2CCC(c3ccc(F)cc3)CC2)n1CC1CC1.OCC1CC1. The van der Waals surface area contributed by atoms with Gasteiger partial charge in [-0.1, -0.05) is 12.1 Å². The molecule has 0 spiro atoms. The Hall–Kier alpha value is -2.72. The van der Waals surface area contributed by atoms with E-state index < -0.39 is 0 Å². The van der Waals surface area contributed by atoms with Gasteiger partial charge >= 0.3 is 0 Å². The molecule has 1 aromatic carbocycles. The molecule has 1 aromatic heterocycles. The van der Waals surface area contributed by atoms with Crippen molar-refractivity contribution in [3.05, 3.63) is 52.9 Å². The molecule has 184 valence electrons. The zero-order valence-electron chi connectivity index (χ0n) is 20.3. The second-order valence-corrected chi connectivity index (χ2v) is 9.63. The van der Waals surface area contributed by atoms with E-state index in [0.29, 0.717) is 36.5 Å². The molecule has 5 rings (SSSR count). The Morgan fingerprint density at radius 2 is 1.65 bits per heavy atom. The molecular weight excluding hydrogens is 433 g/mol. The Labute approximate surface area is 201 Å². The molecule has 1 N–H and O–H groups in total. The van der Waals surface area contributed by atoms with Crippen molar-refractivity contribution in [2.45, 2.75) is 76.7 Å². The molecule has 3 aliphatic carbocycles. The first-order chi connectivity index (χ1) is 16.5. The Morgan fingerprint density at radius 3 is 2.09 bits per heavy atom. The van der Waals surface area contributed by atoms with Gasteiger partial charge in [0.1, 0.15) is 17.7 Å². The maximum absolute atomic E-state index is 13.1. The fraction of sp³-hybridized carbons (Fsp3) is 0.593. The highest BCUT2D eigenvalue weighted by molar-refractivity contribution is 5.36. The molecule has 6 nitrogen and oxygen atoms in total. The second kappa shape index (κ2) is 12.7. The fourth-order valence-corrected chi connectivity index (χ4v) is 4.48. The molecule has 3 aliphatic rings. The molecular formula is C27H36FN3O3. The van der Waals surface area contributed by atoms with E-state index >= 15 is 0 Å². The van der Waals surface area contributed by atoms with Crippen molar-refractivity contribution in [3.8, 4) is 6.07 Å². The largest absolute Gasteiger partial charge is 0.471 e. The number of hydrogen-bond donors (Lipinski definition) is 1. The Morgan fingerprint density at radius 1 is 1.09 bits per heavy atom. The zero-order chi connectivity index (χ0) is 24.5. The number of aliphatic hydroxyl groups excluding tert-OH is 1. The summed E-state index contributed by atoms with van der Waals surface area (Å²) in [5.74, 6) is 3.37. The minimum Gasteiger partial charge on any atom is -0.471 e. The van der Waals surface area contributed by atoms with E-state index in [1.54, 1.807) is 12.1 Å². The van der Waals surface area contributed by atoms with Gasteiger partial charge in [0.05, 0.1) is 12.8 Å². The van der Waals surface area contributed by atoms with Crippen LogP contribution in [0.25, 0.3) is 0 Å². The second-order valence-electron chi connectivity index (χ2n) is 9.63. The molecule has 7 heteroatoms. The van der Waals surface area contributed by atoms with Gasteiger partial charge < -0.3 is 14.4 Å². The van der Waals surface area contributed by atoms with Crippen LogP contribution in [0.15, 0.2) is 24.3 Å². The minimum absolute atomic E-state index is 0.168. The molecule has 0 radical (unpaired) electrons. The fourth-order valence-electron chi connectivity index (χ4n) is 4.48. The molecule has 0 bridgehead atoms. The van der Waals surface area contributed by atoms with Gasteiger partial charge in [-0.3, -0.25) is 4.79 Å². The van der Waals surface area contributed by atoms with E-state index in [0.717, 1.165) is 49.7 Å². The standard InChI is InChI=1S/C21H24FN3.C4H8O.C2H4O2/c1-14-20(12-23)24-21(25(14)13-15-2-3-15)18-6-4-16(5-7-18)17-8-10-19(22)11-9-17;5-3-4-1-2-4;1-4-2-3/h8-11,15-16,18H,2-7,13H2,1H3;4-5H,1-3H2;2H,1H3. The van der Waals surface area contributed by atoms with Crippen molar-refractivity contribution in [1.82, 2.24) is 9.55 Å². The number of nitriles is 1. The highest BCUT2D eigenvalue weighted by Crippen LogP contribution is 2.41. The van der Waals surface area contributed by atoms with Gasteiger partial charge in [-0.15, -0.1) is 0 Å². The lowest BCUT2D eigenvalue weighted by molar-refractivity contribution is -0.126. The van der Waals surface area contributed by atoms with Crippen LogP contribution in [-0.4, -0.2) is 34.8 Å². The van der Waals surface area contributed by atoms with Crippen molar-refractivity contribution >= 4 is 6.47 Å². The maximum atomic E-state index is 13.1. The van der Waals surface area contributed by atoms with Gasteiger partial charge in [0, 0.05) is 19.1 Å². The molecule has 34 heavy (non-hydrogen) atoms. The van der Waals surface area contributed by atoms with Crippen molar-refractivity contribution in [2.24, 2.45) is 11.8 Å². The van der Waals surface area contributed by atoms with E-state index in [4.69, 9.17) is 14.9 Å². The highest BCUT2D eigenvalue weighted by Gasteiger charge is 2.30. The molecule has 0 amide bonds. The van der Waals surface area contributed by atoms with Crippen LogP contribution in [0.5, 0.6) is 0 Å². The Bertz CT molecular complexity index is 951. The number of methoxy groups -OCH3 is 1. The van der Waals surface area contributed by atoms with Gasteiger partial charge in [-0.05, 0) is 93.7 Å². The molecule has 0 unspecified atom stereocenters. The number of carbonyl (C=O) groups excluding carboxylic acids is 1. The topological polar surface area (TPSA) is 88.1 Å². The number of rotatable bonds is 6. The number of carbonyl (C=O) groups is 1. The van der Waals surface area contributed by atoms with Gasteiger partial charge in [0.15, 0.2) is 5.69 Å². The Kier molecular flexibility index (Phi) is 9.64. The summed E-state index contributed by atoms with van der Waals surface area (Å²) in [5, 5.41) is 17.6. The number of nitrogens with zero attached hydrogens (tertiary/aromatic N) is 3. The van der Waals surface area contributed by atoms with Crippen molar-refractivity contribution in [3.63, 3.8) is 0 Å². The van der Waals surface area contributed by atoms with Crippen LogP contribution in [0.1, 0.15) is 86.0 Å². The Balaban J connectivity index is 0.000000305. The predicted molar refractivity (Wildman–Crippen MR) is 128 cm³/mol. The lowest BCUT2D eigenvalue weighted by atomic mass is 9.78. The number of imidazole rings is 1. The number of hydrogen-bond acceptors (Lipinski definition) is 5. The predicted octanol–water partition coefficient (Wildman–Crippen LogP) is 5.23. The third kappa shape index (κ3) is 7.39. The third-order valence-corrected chi connectivity index (χ3v) is 6.98. The van der Waals surface area contributed by atoms with Crippen molar-refractivity contribution < 1.29 is 19.0 Å². The summed E-state index contributed by atoms with van der Waals surface area (Å²) in [6, 6.07) is 9.23. The summed E-state index contributed by atoms with van der Waals surface area (Å²) in [4.78, 5) is 13.6. The number of aromatic nitrogens is 2. The van der Waals surface area contributed by atoms with E-state index in [2.05, 4.69) is 15.4 Å². The summed E-state index contributed by atoms with van der Waals surface area (Å²) in [7, 11) is 1.31. The molecule has 1 heterocycles. The molecule has 0 atom stereocenters. The summed E-state index contributed by atoms with van der Waals surface area (Å²) in [6.07, 6.45) is 9.52. The van der Waals surface area contributed by atoms with Gasteiger partial charge in [-0.25, -0.2) is 9.37 Å². The van der Waals surface area contributed by atoms with E-state index in [9.17, 15) is 9.65 Å². The van der Waals surface area contributed by atoms with E-state index in [1.165, 1.54) is 38.4 Å². The van der Waals surface area contributed by atoms with Crippen molar-refractivity contribution in [1.29, 1.82) is 5.26 Å². The molecule has 3 fully saturated rings. The van der Waals surface area contributed by atoms with Crippen LogP contribution in [0.4, 0.5) is 4.39 Å². The maximum Gasteiger partial charge on any atom is 0.292 e. The van der Waals surface area contributed by atoms with Crippen LogP contribution in [-0.2, 0) is 16.1 Å². The number of benzene rings is 1. The highest BCUT2D eigenvalue weighted by atomic mass is 19.1. The summed E-state index contributed by atoms with van der Waals surface area (Å²) in [5.41, 5.74) is 2.87. The average molecular weight is 470 g/mol. The molecule has 0 saturated heterocycles. The first-order valence-corrected chi connectivity index (χ1v) is 12.3. The van der Waals surface area contributed by atoms with E-state index in [1.807, 2.05) is 19.1 Å². The summed E-state index contributed by atoms with van der Waals surface area (Å²) < 4.78 is 19.3. The number of ether oxygens (including phenoxy) is 1. The van der Waals surface area contributed by atoms with E-state index in [-0.39, 0.29) is 5.82 Å². The van der Waals surface area contributed by atoms with Crippen LogP contribution in [0.3, 0.4) is 0 Å². The van der Waals surface area contributed by atoms with Crippen LogP contribution >= 0.6 is 0 Å². The summed E-state index contributed by atoms with van der Waals surface area (Å²) >= 11 is 0. The molecule has 0 aliphatic heterocycles. The van der Waals surface area contributed by atoms with Gasteiger partial charge in [-0.2, -0.15) is 5.26 Å².